The number of nitrogens with one attached hydrogen (secondary N) is 2. The molecule has 0 saturated heterocycles. The van der Waals surface area contributed by atoms with Crippen LogP contribution in [0.2, 0.25) is 0 Å². The van der Waals surface area contributed by atoms with Crippen molar-refractivity contribution in [1.29, 1.82) is 0 Å². The first-order valence-electron chi connectivity index (χ1n) is 6.25. The van der Waals surface area contributed by atoms with Gasteiger partial charge in [0.2, 0.25) is 0 Å². The topological polar surface area (TPSA) is 54.0 Å². The summed E-state index contributed by atoms with van der Waals surface area (Å²) < 4.78 is 0. The van der Waals surface area contributed by atoms with Gasteiger partial charge < -0.3 is 10.6 Å². The van der Waals surface area contributed by atoms with E-state index in [1.807, 2.05) is 26.8 Å². The fourth-order valence-corrected chi connectivity index (χ4v) is 1.52. The number of aromatic nitrogens is 1. The van der Waals surface area contributed by atoms with E-state index in [4.69, 9.17) is 0 Å². The van der Waals surface area contributed by atoms with Crippen molar-refractivity contribution in [1.82, 2.24) is 10.3 Å². The van der Waals surface area contributed by atoms with Crippen molar-refractivity contribution >= 4 is 11.7 Å². The molecule has 1 aromatic rings. The average Bonchev–Trinajstić information content (AvgIpc) is 2.26. The van der Waals surface area contributed by atoms with Crippen molar-refractivity contribution < 1.29 is 4.79 Å². The Morgan fingerprint density at radius 2 is 1.89 bits per heavy atom. The van der Waals surface area contributed by atoms with Crippen LogP contribution in [-0.2, 0) is 0 Å². The molecule has 0 aromatic carbocycles. The van der Waals surface area contributed by atoms with Gasteiger partial charge in [0.1, 0.15) is 5.82 Å². The molecule has 2 N–H and O–H groups in total. The minimum atomic E-state index is -0.238. The van der Waals surface area contributed by atoms with Crippen molar-refractivity contribution in [3.8, 4) is 0 Å². The standard InChI is InChI=1S/C14H23N3O/c1-9(2)11-7-10(8-12(15-6)16-11)13(18)17-14(3,4)5/h7-9H,1-6H3,(H,15,16)(H,17,18). The second kappa shape index (κ2) is 5.38. The number of anilines is 1. The number of nitrogens with zero attached hydrogens (tertiary/aromatic N) is 1. The van der Waals surface area contributed by atoms with Gasteiger partial charge in [-0.1, -0.05) is 13.8 Å². The molecule has 1 heterocycles. The van der Waals surface area contributed by atoms with E-state index < -0.39 is 0 Å². The molecule has 0 aliphatic rings. The van der Waals surface area contributed by atoms with Gasteiger partial charge in [-0.2, -0.15) is 0 Å². The molecule has 1 aromatic heterocycles. The van der Waals surface area contributed by atoms with Gasteiger partial charge in [-0.3, -0.25) is 4.79 Å². The summed E-state index contributed by atoms with van der Waals surface area (Å²) in [5, 5.41) is 5.95. The van der Waals surface area contributed by atoms with Crippen LogP contribution in [0.1, 0.15) is 56.6 Å². The van der Waals surface area contributed by atoms with Gasteiger partial charge in [-0.05, 0) is 38.8 Å². The average molecular weight is 249 g/mol. The Bertz CT molecular complexity index is 433. The summed E-state index contributed by atoms with van der Waals surface area (Å²) in [7, 11) is 1.80. The summed E-state index contributed by atoms with van der Waals surface area (Å²) in [5.41, 5.74) is 1.33. The molecular formula is C14H23N3O. The fraction of sp³-hybridized carbons (Fsp3) is 0.571. The van der Waals surface area contributed by atoms with Gasteiger partial charge in [0, 0.05) is 23.8 Å². The summed E-state index contributed by atoms with van der Waals surface area (Å²) in [6, 6.07) is 3.62. The molecule has 100 valence electrons. The first-order chi connectivity index (χ1) is 8.23. The molecule has 1 rings (SSSR count). The third-order valence-corrected chi connectivity index (χ3v) is 2.44. The molecule has 0 atom stereocenters. The quantitative estimate of drug-likeness (QED) is 0.866. The molecule has 0 spiro atoms. The van der Waals surface area contributed by atoms with E-state index in [2.05, 4.69) is 29.5 Å². The van der Waals surface area contributed by atoms with Crippen LogP contribution >= 0.6 is 0 Å². The van der Waals surface area contributed by atoms with Gasteiger partial charge >= 0.3 is 0 Å². The van der Waals surface area contributed by atoms with E-state index >= 15 is 0 Å². The lowest BCUT2D eigenvalue weighted by atomic mass is 10.0. The van der Waals surface area contributed by atoms with Crippen LogP contribution in [0.25, 0.3) is 0 Å². The number of carbonyl (C=O) groups excluding carboxylic acids is 1. The monoisotopic (exact) mass is 249 g/mol. The number of carbonyl (C=O) groups is 1. The van der Waals surface area contributed by atoms with Gasteiger partial charge in [0.05, 0.1) is 0 Å². The Morgan fingerprint density at radius 1 is 1.28 bits per heavy atom. The van der Waals surface area contributed by atoms with Crippen molar-refractivity contribution in [2.75, 3.05) is 12.4 Å². The fourth-order valence-electron chi connectivity index (χ4n) is 1.52. The van der Waals surface area contributed by atoms with E-state index in [0.29, 0.717) is 11.5 Å². The molecule has 1 amide bonds. The van der Waals surface area contributed by atoms with Crippen molar-refractivity contribution in [3.63, 3.8) is 0 Å². The summed E-state index contributed by atoms with van der Waals surface area (Å²) in [5.74, 6) is 0.947. The molecule has 0 saturated carbocycles. The van der Waals surface area contributed by atoms with Crippen molar-refractivity contribution in [2.24, 2.45) is 0 Å². The third kappa shape index (κ3) is 4.02. The second-order valence-electron chi connectivity index (χ2n) is 5.77. The van der Waals surface area contributed by atoms with Crippen molar-refractivity contribution in [2.45, 2.75) is 46.1 Å². The third-order valence-electron chi connectivity index (χ3n) is 2.44. The number of rotatable bonds is 3. The van der Waals surface area contributed by atoms with Gasteiger partial charge in [-0.15, -0.1) is 0 Å². The first kappa shape index (κ1) is 14.5. The molecule has 0 fully saturated rings. The Balaban J connectivity index is 3.08. The van der Waals surface area contributed by atoms with E-state index in [1.165, 1.54) is 0 Å². The highest BCUT2D eigenvalue weighted by molar-refractivity contribution is 5.95. The number of hydrogen-bond donors (Lipinski definition) is 2. The molecule has 0 bridgehead atoms. The largest absolute Gasteiger partial charge is 0.373 e. The van der Waals surface area contributed by atoms with Crippen LogP contribution in [-0.4, -0.2) is 23.5 Å². The highest BCUT2D eigenvalue weighted by atomic mass is 16.1. The van der Waals surface area contributed by atoms with E-state index in [1.54, 1.807) is 13.1 Å². The Hall–Kier alpha value is -1.58. The van der Waals surface area contributed by atoms with Crippen LogP contribution in [0.5, 0.6) is 0 Å². The lowest BCUT2D eigenvalue weighted by Gasteiger charge is -2.21. The zero-order chi connectivity index (χ0) is 13.9. The molecule has 4 heteroatoms. The highest BCUT2D eigenvalue weighted by Crippen LogP contribution is 2.18. The van der Waals surface area contributed by atoms with Crippen LogP contribution < -0.4 is 10.6 Å². The number of amides is 1. The van der Waals surface area contributed by atoms with Gasteiger partial charge in [0.25, 0.3) is 5.91 Å². The van der Waals surface area contributed by atoms with Crippen molar-refractivity contribution in [3.05, 3.63) is 23.4 Å². The minimum Gasteiger partial charge on any atom is -0.373 e. The minimum absolute atomic E-state index is 0.0664. The maximum atomic E-state index is 12.1. The molecule has 0 unspecified atom stereocenters. The normalized spacial score (nSPS) is 11.5. The molecule has 4 nitrogen and oxygen atoms in total. The molecule has 18 heavy (non-hydrogen) atoms. The van der Waals surface area contributed by atoms with Crippen LogP contribution in [0.3, 0.4) is 0 Å². The highest BCUT2D eigenvalue weighted by Gasteiger charge is 2.17. The Kier molecular flexibility index (Phi) is 4.33. The van der Waals surface area contributed by atoms with Gasteiger partial charge in [-0.25, -0.2) is 4.98 Å². The maximum Gasteiger partial charge on any atom is 0.251 e. The summed E-state index contributed by atoms with van der Waals surface area (Å²) in [4.78, 5) is 16.6. The van der Waals surface area contributed by atoms with Crippen LogP contribution in [0.15, 0.2) is 12.1 Å². The molecule has 0 aliphatic heterocycles. The zero-order valence-electron chi connectivity index (χ0n) is 12.1. The lowest BCUT2D eigenvalue weighted by Crippen LogP contribution is -2.40. The number of pyridine rings is 1. The SMILES string of the molecule is CNc1cc(C(=O)NC(C)(C)C)cc(C(C)C)n1. The smallest absolute Gasteiger partial charge is 0.251 e. The van der Waals surface area contributed by atoms with Crippen LogP contribution in [0, 0.1) is 0 Å². The Labute approximate surface area is 109 Å². The summed E-state index contributed by atoms with van der Waals surface area (Å²) in [6.45, 7) is 10.0. The van der Waals surface area contributed by atoms with E-state index in [0.717, 1.165) is 11.5 Å². The predicted octanol–water partition coefficient (Wildman–Crippen LogP) is 2.78. The van der Waals surface area contributed by atoms with Gasteiger partial charge in [0.15, 0.2) is 0 Å². The summed E-state index contributed by atoms with van der Waals surface area (Å²) >= 11 is 0. The maximum absolute atomic E-state index is 12.1. The lowest BCUT2D eigenvalue weighted by molar-refractivity contribution is 0.0919. The molecular weight excluding hydrogens is 226 g/mol. The first-order valence-corrected chi connectivity index (χ1v) is 6.25. The predicted molar refractivity (Wildman–Crippen MR) is 75.1 cm³/mol. The van der Waals surface area contributed by atoms with E-state index in [9.17, 15) is 4.79 Å². The Morgan fingerprint density at radius 3 is 2.33 bits per heavy atom. The zero-order valence-corrected chi connectivity index (χ0v) is 12.1. The van der Waals surface area contributed by atoms with Crippen LogP contribution in [0.4, 0.5) is 5.82 Å². The van der Waals surface area contributed by atoms with E-state index in [-0.39, 0.29) is 11.4 Å². The molecule has 0 radical (unpaired) electrons. The number of hydrogen-bond acceptors (Lipinski definition) is 3. The second-order valence-corrected chi connectivity index (χ2v) is 5.77. The molecule has 0 aliphatic carbocycles. The summed E-state index contributed by atoms with van der Waals surface area (Å²) in [6.07, 6.45) is 0.